The maximum Gasteiger partial charge on any atom is 0.226 e. The third-order valence-corrected chi connectivity index (χ3v) is 7.04. The van der Waals surface area contributed by atoms with Crippen LogP contribution in [0.2, 0.25) is 0 Å². The third-order valence-electron chi connectivity index (χ3n) is 7.04. The topological polar surface area (TPSA) is 58.6 Å². The summed E-state index contributed by atoms with van der Waals surface area (Å²) in [5.74, 6) is 4.40. The van der Waals surface area contributed by atoms with Gasteiger partial charge in [0, 0.05) is 39.6 Å². The number of benzene rings is 1. The van der Waals surface area contributed by atoms with Crippen LogP contribution < -0.4 is 9.64 Å². The highest BCUT2D eigenvalue weighted by Gasteiger charge is 2.43. The number of rotatable bonds is 9. The molecule has 0 N–H and O–H groups in total. The minimum atomic E-state index is 0.117. The fourth-order valence-corrected chi connectivity index (χ4v) is 4.77. The van der Waals surface area contributed by atoms with Crippen molar-refractivity contribution in [1.82, 2.24) is 14.9 Å². The monoisotopic (exact) mass is 436 g/mol. The Bertz CT molecular complexity index is 874. The molecule has 0 spiro atoms. The van der Waals surface area contributed by atoms with E-state index in [1.54, 1.807) is 19.0 Å². The molecule has 2 aromatic rings. The zero-order chi connectivity index (χ0) is 22.5. The van der Waals surface area contributed by atoms with Crippen LogP contribution in [0.15, 0.2) is 36.7 Å². The number of hydrogen-bond acceptors (Lipinski definition) is 5. The zero-order valence-electron chi connectivity index (χ0n) is 19.7. The Morgan fingerprint density at radius 2 is 1.78 bits per heavy atom. The van der Waals surface area contributed by atoms with Gasteiger partial charge in [0.2, 0.25) is 11.9 Å². The molecule has 1 aromatic heterocycles. The van der Waals surface area contributed by atoms with E-state index in [1.807, 2.05) is 36.7 Å². The van der Waals surface area contributed by atoms with E-state index in [1.165, 1.54) is 24.8 Å². The molecule has 2 atom stereocenters. The summed E-state index contributed by atoms with van der Waals surface area (Å²) in [7, 11) is 3.57. The minimum absolute atomic E-state index is 0.117. The van der Waals surface area contributed by atoms with Crippen LogP contribution in [0.25, 0.3) is 0 Å². The highest BCUT2D eigenvalue weighted by Crippen LogP contribution is 2.49. The first-order valence-corrected chi connectivity index (χ1v) is 12.0. The highest BCUT2D eigenvalue weighted by molar-refractivity contribution is 5.78. The van der Waals surface area contributed by atoms with Crippen LogP contribution in [-0.2, 0) is 17.6 Å². The number of hydrogen-bond donors (Lipinski definition) is 0. The van der Waals surface area contributed by atoms with Crippen molar-refractivity contribution in [2.24, 2.45) is 17.8 Å². The summed E-state index contributed by atoms with van der Waals surface area (Å²) in [6.45, 7) is 5.04. The number of aromatic nitrogens is 2. The standard InChI is InChI=1S/C26H36N4O2/c1-4-19-17-27-26(28-18-19)30-12-9-21(10-13-30)24-16-22(24)11-14-32-23-7-5-20(6-8-23)15-25(31)29(2)3/h5-8,17-18,21-22,24H,4,9-16H2,1-3H3/t22-,24-/m0/s1. The molecule has 6 heteroatoms. The SMILES string of the molecule is CCc1cnc(N2CCC([C@@H]3C[C@@H]3CCOc3ccc(CC(=O)N(C)C)cc3)CC2)nc1. The molecule has 32 heavy (non-hydrogen) atoms. The van der Waals surface area contributed by atoms with E-state index in [0.29, 0.717) is 6.42 Å². The van der Waals surface area contributed by atoms with E-state index in [9.17, 15) is 4.79 Å². The summed E-state index contributed by atoms with van der Waals surface area (Å²) in [5.41, 5.74) is 2.22. The first kappa shape index (κ1) is 22.6. The summed E-state index contributed by atoms with van der Waals surface area (Å²) in [5, 5.41) is 0. The Balaban J connectivity index is 1.14. The molecule has 2 fully saturated rings. The molecular weight excluding hydrogens is 400 g/mol. The average Bonchev–Trinajstić information content (AvgIpc) is 3.60. The van der Waals surface area contributed by atoms with Gasteiger partial charge in [0.15, 0.2) is 0 Å². The maximum atomic E-state index is 11.8. The Hall–Kier alpha value is -2.63. The average molecular weight is 437 g/mol. The van der Waals surface area contributed by atoms with Crippen LogP contribution in [0.3, 0.4) is 0 Å². The number of carbonyl (C=O) groups is 1. The summed E-state index contributed by atoms with van der Waals surface area (Å²) in [6, 6.07) is 7.94. The largest absolute Gasteiger partial charge is 0.494 e. The third kappa shape index (κ3) is 5.78. The van der Waals surface area contributed by atoms with Crippen molar-refractivity contribution < 1.29 is 9.53 Å². The molecule has 1 saturated heterocycles. The van der Waals surface area contributed by atoms with Gasteiger partial charge in [0.25, 0.3) is 0 Å². The molecule has 0 unspecified atom stereocenters. The second-order valence-electron chi connectivity index (χ2n) is 9.48. The molecule has 1 aromatic carbocycles. The molecule has 4 rings (SSSR count). The number of piperidine rings is 1. The predicted molar refractivity (Wildman–Crippen MR) is 127 cm³/mol. The van der Waals surface area contributed by atoms with Gasteiger partial charge in [-0.15, -0.1) is 0 Å². The molecule has 2 aliphatic rings. The van der Waals surface area contributed by atoms with E-state index < -0.39 is 0 Å². The smallest absolute Gasteiger partial charge is 0.226 e. The van der Waals surface area contributed by atoms with Gasteiger partial charge in [-0.1, -0.05) is 19.1 Å². The van der Waals surface area contributed by atoms with Crippen molar-refractivity contribution >= 4 is 11.9 Å². The van der Waals surface area contributed by atoms with E-state index in [4.69, 9.17) is 4.74 Å². The molecular formula is C26H36N4O2. The van der Waals surface area contributed by atoms with Crippen LogP contribution in [0.1, 0.15) is 43.7 Å². The fraction of sp³-hybridized carbons (Fsp3) is 0.577. The van der Waals surface area contributed by atoms with Crippen molar-refractivity contribution in [2.75, 3.05) is 38.7 Å². The zero-order valence-corrected chi connectivity index (χ0v) is 19.7. The van der Waals surface area contributed by atoms with Gasteiger partial charge in [-0.2, -0.15) is 0 Å². The Morgan fingerprint density at radius 3 is 2.41 bits per heavy atom. The van der Waals surface area contributed by atoms with Crippen molar-refractivity contribution in [3.63, 3.8) is 0 Å². The number of likely N-dealkylation sites (N-methyl/N-ethyl adjacent to an activating group) is 1. The molecule has 2 heterocycles. The molecule has 1 aliphatic heterocycles. The molecule has 6 nitrogen and oxygen atoms in total. The van der Waals surface area contributed by atoms with Gasteiger partial charge in [0.05, 0.1) is 13.0 Å². The van der Waals surface area contributed by atoms with Crippen LogP contribution in [-0.4, -0.2) is 54.6 Å². The number of carbonyl (C=O) groups excluding carboxylic acids is 1. The lowest BCUT2D eigenvalue weighted by molar-refractivity contribution is -0.127. The number of anilines is 1. The van der Waals surface area contributed by atoms with Crippen molar-refractivity contribution in [3.05, 3.63) is 47.8 Å². The van der Waals surface area contributed by atoms with E-state index in [2.05, 4.69) is 21.8 Å². The van der Waals surface area contributed by atoms with Crippen molar-refractivity contribution in [1.29, 1.82) is 0 Å². The fourth-order valence-electron chi connectivity index (χ4n) is 4.77. The number of amides is 1. The van der Waals surface area contributed by atoms with E-state index in [0.717, 1.165) is 67.6 Å². The Labute approximate surface area is 192 Å². The second-order valence-corrected chi connectivity index (χ2v) is 9.48. The van der Waals surface area contributed by atoms with Gasteiger partial charge in [-0.05, 0) is 73.1 Å². The highest BCUT2D eigenvalue weighted by atomic mass is 16.5. The summed E-state index contributed by atoms with van der Waals surface area (Å²) in [6.07, 6.45) is 10.3. The van der Waals surface area contributed by atoms with Crippen LogP contribution >= 0.6 is 0 Å². The second kappa shape index (κ2) is 10.3. The molecule has 1 aliphatic carbocycles. The van der Waals surface area contributed by atoms with Gasteiger partial charge in [0.1, 0.15) is 5.75 Å². The maximum absolute atomic E-state index is 11.8. The van der Waals surface area contributed by atoms with Gasteiger partial charge < -0.3 is 14.5 Å². The molecule has 172 valence electrons. The number of nitrogens with zero attached hydrogens (tertiary/aromatic N) is 4. The predicted octanol–water partition coefficient (Wildman–Crippen LogP) is 3.99. The van der Waals surface area contributed by atoms with Gasteiger partial charge >= 0.3 is 0 Å². The normalized spacial score (nSPS) is 20.8. The number of aryl methyl sites for hydroxylation is 1. The van der Waals surface area contributed by atoms with Gasteiger partial charge in [-0.3, -0.25) is 4.79 Å². The molecule has 1 amide bonds. The first-order valence-electron chi connectivity index (χ1n) is 12.0. The summed E-state index contributed by atoms with van der Waals surface area (Å²) < 4.78 is 5.97. The Kier molecular flexibility index (Phi) is 7.28. The lowest BCUT2D eigenvalue weighted by Crippen LogP contribution is -2.35. The lowest BCUT2D eigenvalue weighted by atomic mass is 9.90. The van der Waals surface area contributed by atoms with Crippen molar-refractivity contribution in [3.8, 4) is 5.75 Å². The molecule has 1 saturated carbocycles. The molecule has 0 radical (unpaired) electrons. The summed E-state index contributed by atoms with van der Waals surface area (Å²) in [4.78, 5) is 24.9. The van der Waals surface area contributed by atoms with Gasteiger partial charge in [-0.25, -0.2) is 9.97 Å². The summed E-state index contributed by atoms with van der Waals surface area (Å²) >= 11 is 0. The van der Waals surface area contributed by atoms with E-state index >= 15 is 0 Å². The Morgan fingerprint density at radius 1 is 1.09 bits per heavy atom. The first-order chi connectivity index (χ1) is 15.5. The minimum Gasteiger partial charge on any atom is -0.494 e. The van der Waals surface area contributed by atoms with Crippen LogP contribution in [0.5, 0.6) is 5.75 Å². The molecule has 0 bridgehead atoms. The van der Waals surface area contributed by atoms with Crippen molar-refractivity contribution in [2.45, 2.75) is 45.4 Å². The van der Waals surface area contributed by atoms with E-state index in [-0.39, 0.29) is 5.91 Å². The lowest BCUT2D eigenvalue weighted by Gasteiger charge is -2.32. The van der Waals surface area contributed by atoms with Crippen LogP contribution in [0, 0.1) is 17.8 Å². The quantitative estimate of drug-likeness (QED) is 0.595. The number of ether oxygens (including phenoxy) is 1. The van der Waals surface area contributed by atoms with Crippen LogP contribution in [0.4, 0.5) is 5.95 Å².